The van der Waals surface area contributed by atoms with E-state index in [1.165, 1.54) is 11.1 Å². The average Bonchev–Trinajstić information content (AvgIpc) is 2.90. The van der Waals surface area contributed by atoms with Crippen LogP contribution in [0.2, 0.25) is 0 Å². The number of fused-ring (bicyclic) bond motifs is 1. The molecule has 1 N–H and O–H groups in total. The van der Waals surface area contributed by atoms with Gasteiger partial charge in [-0.3, -0.25) is 4.79 Å². The standard InChI is InChI=1S/C19H18BrNO3/c1-11-6-15-13(10-24-18(15)7-12(11)2)8-19(22)21-16-9-14(20)4-5-17(16)23-3/h4-7,9-10H,8H2,1-3H3,(H,21,22). The molecule has 0 saturated carbocycles. The number of benzene rings is 2. The summed E-state index contributed by atoms with van der Waals surface area (Å²) in [5, 5.41) is 3.88. The molecule has 3 rings (SSSR count). The van der Waals surface area contributed by atoms with E-state index in [0.29, 0.717) is 11.4 Å². The van der Waals surface area contributed by atoms with Crippen LogP contribution in [0, 0.1) is 13.8 Å². The Morgan fingerprint density at radius 1 is 1.21 bits per heavy atom. The molecule has 0 fully saturated rings. The first-order chi connectivity index (χ1) is 11.5. The number of furan rings is 1. The molecule has 1 amide bonds. The first kappa shape index (κ1) is 16.6. The van der Waals surface area contributed by atoms with Gasteiger partial charge in [0, 0.05) is 15.4 Å². The van der Waals surface area contributed by atoms with E-state index in [9.17, 15) is 4.79 Å². The average molecular weight is 388 g/mol. The molecule has 1 aromatic heterocycles. The van der Waals surface area contributed by atoms with Gasteiger partial charge < -0.3 is 14.5 Å². The van der Waals surface area contributed by atoms with Gasteiger partial charge in [0.2, 0.25) is 5.91 Å². The zero-order chi connectivity index (χ0) is 17.3. The van der Waals surface area contributed by atoms with Crippen LogP contribution in [-0.2, 0) is 11.2 Å². The molecule has 4 nitrogen and oxygen atoms in total. The minimum atomic E-state index is -0.118. The Morgan fingerprint density at radius 2 is 1.96 bits per heavy atom. The molecular formula is C19H18BrNO3. The topological polar surface area (TPSA) is 51.5 Å². The largest absolute Gasteiger partial charge is 0.495 e. The van der Waals surface area contributed by atoms with Gasteiger partial charge in [0.15, 0.2) is 0 Å². The summed E-state index contributed by atoms with van der Waals surface area (Å²) in [6, 6.07) is 9.56. The van der Waals surface area contributed by atoms with E-state index in [1.54, 1.807) is 19.4 Å². The Kier molecular flexibility index (Phi) is 4.62. The zero-order valence-electron chi connectivity index (χ0n) is 13.8. The fourth-order valence-electron chi connectivity index (χ4n) is 2.62. The van der Waals surface area contributed by atoms with Crippen LogP contribution in [-0.4, -0.2) is 13.0 Å². The molecule has 1 heterocycles. The van der Waals surface area contributed by atoms with Crippen LogP contribution >= 0.6 is 15.9 Å². The predicted octanol–water partition coefficient (Wildman–Crippen LogP) is 5.00. The molecule has 0 atom stereocenters. The molecule has 5 heteroatoms. The second-order valence-corrected chi connectivity index (χ2v) is 6.68. The van der Waals surface area contributed by atoms with Crippen LogP contribution in [0.4, 0.5) is 5.69 Å². The number of nitrogens with one attached hydrogen (secondary N) is 1. The molecule has 124 valence electrons. The van der Waals surface area contributed by atoms with Crippen LogP contribution in [0.25, 0.3) is 11.0 Å². The molecule has 0 saturated heterocycles. The Morgan fingerprint density at radius 3 is 2.71 bits per heavy atom. The minimum absolute atomic E-state index is 0.118. The van der Waals surface area contributed by atoms with Crippen LogP contribution in [0.5, 0.6) is 5.75 Å². The summed E-state index contributed by atoms with van der Waals surface area (Å²) < 4.78 is 11.7. The second-order valence-electron chi connectivity index (χ2n) is 5.76. The Labute approximate surface area is 148 Å². The van der Waals surface area contributed by atoms with Crippen molar-refractivity contribution in [2.45, 2.75) is 20.3 Å². The lowest BCUT2D eigenvalue weighted by Crippen LogP contribution is -2.14. The number of carbonyl (C=O) groups is 1. The van der Waals surface area contributed by atoms with Gasteiger partial charge in [0.25, 0.3) is 0 Å². The molecule has 24 heavy (non-hydrogen) atoms. The summed E-state index contributed by atoms with van der Waals surface area (Å²) in [4.78, 5) is 12.4. The van der Waals surface area contributed by atoms with Gasteiger partial charge in [0.05, 0.1) is 25.5 Å². The highest BCUT2D eigenvalue weighted by Gasteiger charge is 2.13. The number of hydrogen-bond donors (Lipinski definition) is 1. The third kappa shape index (κ3) is 3.31. The number of rotatable bonds is 4. The monoisotopic (exact) mass is 387 g/mol. The van der Waals surface area contributed by atoms with Crippen LogP contribution < -0.4 is 10.1 Å². The quantitative estimate of drug-likeness (QED) is 0.684. The van der Waals surface area contributed by atoms with Crippen molar-refractivity contribution in [1.29, 1.82) is 0 Å². The molecular weight excluding hydrogens is 370 g/mol. The van der Waals surface area contributed by atoms with Gasteiger partial charge in [-0.05, 0) is 55.3 Å². The maximum atomic E-state index is 12.4. The molecule has 3 aromatic rings. The molecule has 0 aliphatic rings. The van der Waals surface area contributed by atoms with E-state index in [2.05, 4.69) is 34.2 Å². The highest BCUT2D eigenvalue weighted by atomic mass is 79.9. The lowest BCUT2D eigenvalue weighted by atomic mass is 10.0. The van der Waals surface area contributed by atoms with E-state index in [1.807, 2.05) is 25.1 Å². The van der Waals surface area contributed by atoms with Crippen molar-refractivity contribution in [2.75, 3.05) is 12.4 Å². The summed E-state index contributed by atoms with van der Waals surface area (Å²) >= 11 is 3.40. The molecule has 2 aromatic carbocycles. The van der Waals surface area contributed by atoms with E-state index < -0.39 is 0 Å². The van der Waals surface area contributed by atoms with E-state index in [4.69, 9.17) is 9.15 Å². The minimum Gasteiger partial charge on any atom is -0.495 e. The maximum absolute atomic E-state index is 12.4. The van der Waals surface area contributed by atoms with Gasteiger partial charge in [-0.15, -0.1) is 0 Å². The van der Waals surface area contributed by atoms with Crippen molar-refractivity contribution in [3.8, 4) is 5.75 Å². The Bertz CT molecular complexity index is 914. The number of anilines is 1. The number of ether oxygens (including phenoxy) is 1. The smallest absolute Gasteiger partial charge is 0.229 e. The number of methoxy groups -OCH3 is 1. The third-order valence-corrected chi connectivity index (χ3v) is 4.55. The second kappa shape index (κ2) is 6.69. The normalized spacial score (nSPS) is 10.8. The molecule has 0 radical (unpaired) electrons. The number of aryl methyl sites for hydroxylation is 2. The Balaban J connectivity index is 1.83. The highest BCUT2D eigenvalue weighted by molar-refractivity contribution is 9.10. The van der Waals surface area contributed by atoms with Crippen LogP contribution in [0.1, 0.15) is 16.7 Å². The molecule has 0 aliphatic carbocycles. The van der Waals surface area contributed by atoms with E-state index >= 15 is 0 Å². The fraction of sp³-hybridized carbons (Fsp3) is 0.211. The summed E-state index contributed by atoms with van der Waals surface area (Å²) in [7, 11) is 1.58. The van der Waals surface area contributed by atoms with Crippen molar-refractivity contribution in [1.82, 2.24) is 0 Å². The van der Waals surface area contributed by atoms with Gasteiger partial charge in [-0.1, -0.05) is 15.9 Å². The van der Waals surface area contributed by atoms with Crippen LogP contribution in [0.15, 0.2) is 45.5 Å². The predicted molar refractivity (Wildman–Crippen MR) is 98.7 cm³/mol. The fourth-order valence-corrected chi connectivity index (χ4v) is 2.98. The van der Waals surface area contributed by atoms with Gasteiger partial charge in [-0.2, -0.15) is 0 Å². The summed E-state index contributed by atoms with van der Waals surface area (Å²) in [6.07, 6.45) is 1.90. The number of halogens is 1. The SMILES string of the molecule is COc1ccc(Br)cc1NC(=O)Cc1coc2cc(C)c(C)cc12. The van der Waals surface area contributed by atoms with Crippen molar-refractivity contribution < 1.29 is 13.9 Å². The first-order valence-electron chi connectivity index (χ1n) is 7.58. The van der Waals surface area contributed by atoms with Crippen molar-refractivity contribution in [3.63, 3.8) is 0 Å². The summed E-state index contributed by atoms with van der Waals surface area (Å²) in [5.41, 5.74) is 4.67. The van der Waals surface area contributed by atoms with Crippen molar-refractivity contribution in [2.24, 2.45) is 0 Å². The van der Waals surface area contributed by atoms with E-state index in [0.717, 1.165) is 21.0 Å². The zero-order valence-corrected chi connectivity index (χ0v) is 15.4. The lowest BCUT2D eigenvalue weighted by molar-refractivity contribution is -0.115. The number of amides is 1. The molecule has 0 bridgehead atoms. The summed E-state index contributed by atoms with van der Waals surface area (Å²) in [6.45, 7) is 4.10. The maximum Gasteiger partial charge on any atom is 0.229 e. The molecule has 0 unspecified atom stereocenters. The molecule has 0 spiro atoms. The van der Waals surface area contributed by atoms with Gasteiger partial charge in [0.1, 0.15) is 11.3 Å². The van der Waals surface area contributed by atoms with Crippen molar-refractivity contribution >= 4 is 38.5 Å². The number of carbonyl (C=O) groups excluding carboxylic acids is 1. The summed E-state index contributed by atoms with van der Waals surface area (Å²) in [5.74, 6) is 0.502. The first-order valence-corrected chi connectivity index (χ1v) is 8.38. The number of hydrogen-bond acceptors (Lipinski definition) is 3. The molecule has 0 aliphatic heterocycles. The highest BCUT2D eigenvalue weighted by Crippen LogP contribution is 2.29. The Hall–Kier alpha value is -2.27. The van der Waals surface area contributed by atoms with Gasteiger partial charge >= 0.3 is 0 Å². The van der Waals surface area contributed by atoms with Crippen LogP contribution in [0.3, 0.4) is 0 Å². The van der Waals surface area contributed by atoms with Gasteiger partial charge in [-0.25, -0.2) is 0 Å². The van der Waals surface area contributed by atoms with E-state index in [-0.39, 0.29) is 12.3 Å². The van der Waals surface area contributed by atoms with Crippen molar-refractivity contribution in [3.05, 3.63) is 57.8 Å². The lowest BCUT2D eigenvalue weighted by Gasteiger charge is -2.10. The third-order valence-electron chi connectivity index (χ3n) is 4.06.